The van der Waals surface area contributed by atoms with E-state index in [1.807, 2.05) is 33.2 Å². The standard InChI is InChI=1S/C17H22N2O2/c1-5-21-15-8-14(10-19-11-15)17(18-3)13-7-6-12(2)16(9-13)20-4/h6-11,17-18H,5H2,1-4H3. The zero-order valence-corrected chi connectivity index (χ0v) is 13.0. The average molecular weight is 286 g/mol. The van der Waals surface area contributed by atoms with Gasteiger partial charge in [-0.05, 0) is 49.7 Å². The molecule has 21 heavy (non-hydrogen) atoms. The van der Waals surface area contributed by atoms with Gasteiger partial charge in [-0.1, -0.05) is 12.1 Å². The molecule has 0 radical (unpaired) electrons. The molecule has 1 N–H and O–H groups in total. The van der Waals surface area contributed by atoms with Gasteiger partial charge in [-0.2, -0.15) is 0 Å². The van der Waals surface area contributed by atoms with Crippen LogP contribution in [0.25, 0.3) is 0 Å². The average Bonchev–Trinajstić information content (AvgIpc) is 2.50. The van der Waals surface area contributed by atoms with Crippen LogP contribution in [0.1, 0.15) is 29.7 Å². The van der Waals surface area contributed by atoms with Gasteiger partial charge in [0.1, 0.15) is 11.5 Å². The van der Waals surface area contributed by atoms with Crippen LogP contribution in [0.3, 0.4) is 0 Å². The van der Waals surface area contributed by atoms with Crippen molar-refractivity contribution in [3.8, 4) is 11.5 Å². The van der Waals surface area contributed by atoms with E-state index < -0.39 is 0 Å². The number of hydrogen-bond donors (Lipinski definition) is 1. The van der Waals surface area contributed by atoms with Gasteiger partial charge in [-0.15, -0.1) is 0 Å². The molecule has 4 heteroatoms. The van der Waals surface area contributed by atoms with Crippen LogP contribution in [0, 0.1) is 6.92 Å². The summed E-state index contributed by atoms with van der Waals surface area (Å²) in [5.74, 6) is 1.68. The molecule has 0 aliphatic rings. The highest BCUT2D eigenvalue weighted by Gasteiger charge is 2.14. The molecule has 0 aliphatic carbocycles. The summed E-state index contributed by atoms with van der Waals surface area (Å²) in [5.41, 5.74) is 3.32. The van der Waals surface area contributed by atoms with Crippen LogP contribution >= 0.6 is 0 Å². The predicted molar refractivity (Wildman–Crippen MR) is 84.0 cm³/mol. The van der Waals surface area contributed by atoms with E-state index in [0.29, 0.717) is 6.61 Å². The van der Waals surface area contributed by atoms with Crippen molar-refractivity contribution in [2.45, 2.75) is 19.9 Å². The molecule has 1 heterocycles. The van der Waals surface area contributed by atoms with Crippen LogP contribution in [0.2, 0.25) is 0 Å². The van der Waals surface area contributed by atoms with Gasteiger partial charge < -0.3 is 14.8 Å². The molecular formula is C17H22N2O2. The third-order valence-corrected chi connectivity index (χ3v) is 3.43. The van der Waals surface area contributed by atoms with Crippen molar-refractivity contribution in [3.63, 3.8) is 0 Å². The van der Waals surface area contributed by atoms with Gasteiger partial charge in [-0.3, -0.25) is 4.98 Å². The monoisotopic (exact) mass is 286 g/mol. The zero-order valence-electron chi connectivity index (χ0n) is 13.0. The quantitative estimate of drug-likeness (QED) is 0.886. The van der Waals surface area contributed by atoms with Crippen LogP contribution in [-0.4, -0.2) is 25.7 Å². The highest BCUT2D eigenvalue weighted by atomic mass is 16.5. The number of aryl methyl sites for hydroxylation is 1. The molecule has 0 spiro atoms. The molecule has 1 aromatic heterocycles. The van der Waals surface area contributed by atoms with Gasteiger partial charge in [0.15, 0.2) is 0 Å². The van der Waals surface area contributed by atoms with Crippen molar-refractivity contribution >= 4 is 0 Å². The summed E-state index contributed by atoms with van der Waals surface area (Å²) in [6.45, 7) is 4.63. The fraction of sp³-hybridized carbons (Fsp3) is 0.353. The minimum Gasteiger partial charge on any atom is -0.496 e. The molecule has 2 aromatic rings. The number of rotatable bonds is 6. The molecule has 0 amide bonds. The van der Waals surface area contributed by atoms with Gasteiger partial charge >= 0.3 is 0 Å². The van der Waals surface area contributed by atoms with Crippen LogP contribution < -0.4 is 14.8 Å². The van der Waals surface area contributed by atoms with E-state index in [0.717, 1.165) is 28.2 Å². The molecular weight excluding hydrogens is 264 g/mol. The van der Waals surface area contributed by atoms with Crippen molar-refractivity contribution < 1.29 is 9.47 Å². The third kappa shape index (κ3) is 3.52. The summed E-state index contributed by atoms with van der Waals surface area (Å²) in [6.07, 6.45) is 3.59. The maximum absolute atomic E-state index is 5.53. The molecule has 1 atom stereocenters. The largest absolute Gasteiger partial charge is 0.496 e. The fourth-order valence-corrected chi connectivity index (χ4v) is 2.38. The Bertz CT molecular complexity index is 599. The van der Waals surface area contributed by atoms with Gasteiger partial charge in [0, 0.05) is 6.20 Å². The number of aromatic nitrogens is 1. The molecule has 0 saturated heterocycles. The Morgan fingerprint density at radius 3 is 2.67 bits per heavy atom. The third-order valence-electron chi connectivity index (χ3n) is 3.43. The second-order valence-corrected chi connectivity index (χ2v) is 4.84. The highest BCUT2D eigenvalue weighted by molar-refractivity contribution is 5.41. The Labute approximate surface area is 126 Å². The van der Waals surface area contributed by atoms with Crippen molar-refractivity contribution in [2.75, 3.05) is 20.8 Å². The van der Waals surface area contributed by atoms with Gasteiger partial charge in [0.05, 0.1) is 26.0 Å². The molecule has 2 rings (SSSR count). The number of methoxy groups -OCH3 is 1. The summed E-state index contributed by atoms with van der Waals surface area (Å²) < 4.78 is 10.9. The van der Waals surface area contributed by atoms with Crippen LogP contribution in [0.5, 0.6) is 11.5 Å². The second-order valence-electron chi connectivity index (χ2n) is 4.84. The Balaban J connectivity index is 2.37. The number of hydrogen-bond acceptors (Lipinski definition) is 4. The van der Waals surface area contributed by atoms with Crippen LogP contribution in [0.15, 0.2) is 36.7 Å². The van der Waals surface area contributed by atoms with E-state index in [9.17, 15) is 0 Å². The minimum absolute atomic E-state index is 0.0485. The first kappa shape index (κ1) is 15.3. The Hall–Kier alpha value is -2.07. The smallest absolute Gasteiger partial charge is 0.137 e. The van der Waals surface area contributed by atoms with Gasteiger partial charge in [0.2, 0.25) is 0 Å². The first-order chi connectivity index (χ1) is 10.2. The summed E-state index contributed by atoms with van der Waals surface area (Å²) in [7, 11) is 3.63. The lowest BCUT2D eigenvalue weighted by Crippen LogP contribution is -2.18. The number of benzene rings is 1. The van der Waals surface area contributed by atoms with E-state index in [2.05, 4.69) is 28.5 Å². The van der Waals surface area contributed by atoms with Crippen molar-refractivity contribution in [2.24, 2.45) is 0 Å². The van der Waals surface area contributed by atoms with Crippen LogP contribution in [0.4, 0.5) is 0 Å². The molecule has 1 aromatic carbocycles. The van der Waals surface area contributed by atoms with Crippen molar-refractivity contribution in [1.29, 1.82) is 0 Å². The van der Waals surface area contributed by atoms with E-state index in [-0.39, 0.29) is 6.04 Å². The Morgan fingerprint density at radius 2 is 2.00 bits per heavy atom. The molecule has 1 unspecified atom stereocenters. The van der Waals surface area contributed by atoms with E-state index in [1.54, 1.807) is 13.3 Å². The maximum Gasteiger partial charge on any atom is 0.137 e. The highest BCUT2D eigenvalue weighted by Crippen LogP contribution is 2.28. The zero-order chi connectivity index (χ0) is 15.2. The van der Waals surface area contributed by atoms with Gasteiger partial charge in [-0.25, -0.2) is 0 Å². The number of nitrogens with zero attached hydrogens (tertiary/aromatic N) is 1. The molecule has 0 bridgehead atoms. The summed E-state index contributed by atoms with van der Waals surface area (Å²) >= 11 is 0. The molecule has 0 aliphatic heterocycles. The van der Waals surface area contributed by atoms with Crippen molar-refractivity contribution in [1.82, 2.24) is 10.3 Å². The molecule has 0 fully saturated rings. The first-order valence-electron chi connectivity index (χ1n) is 7.09. The first-order valence-corrected chi connectivity index (χ1v) is 7.09. The SMILES string of the molecule is CCOc1cncc(C(NC)c2ccc(C)c(OC)c2)c1. The predicted octanol–water partition coefficient (Wildman–Crippen LogP) is 3.11. The van der Waals surface area contributed by atoms with E-state index in [4.69, 9.17) is 9.47 Å². The fourth-order valence-electron chi connectivity index (χ4n) is 2.38. The van der Waals surface area contributed by atoms with E-state index in [1.165, 1.54) is 0 Å². The number of pyridine rings is 1. The lowest BCUT2D eigenvalue weighted by molar-refractivity contribution is 0.338. The molecule has 0 saturated carbocycles. The summed E-state index contributed by atoms with van der Waals surface area (Å²) in [5, 5.41) is 3.32. The maximum atomic E-state index is 5.53. The van der Waals surface area contributed by atoms with Crippen molar-refractivity contribution in [3.05, 3.63) is 53.3 Å². The summed E-state index contributed by atoms with van der Waals surface area (Å²) in [4.78, 5) is 4.26. The molecule has 4 nitrogen and oxygen atoms in total. The summed E-state index contributed by atoms with van der Waals surface area (Å²) in [6, 6.07) is 8.30. The van der Waals surface area contributed by atoms with Crippen LogP contribution in [-0.2, 0) is 0 Å². The Morgan fingerprint density at radius 1 is 1.19 bits per heavy atom. The molecule has 112 valence electrons. The Kier molecular flexibility index (Phi) is 5.17. The number of nitrogens with one attached hydrogen (secondary N) is 1. The number of ether oxygens (including phenoxy) is 2. The topological polar surface area (TPSA) is 43.4 Å². The van der Waals surface area contributed by atoms with Gasteiger partial charge in [0.25, 0.3) is 0 Å². The second kappa shape index (κ2) is 7.09. The van der Waals surface area contributed by atoms with E-state index >= 15 is 0 Å². The normalized spacial score (nSPS) is 12.0. The lowest BCUT2D eigenvalue weighted by Gasteiger charge is -2.19. The lowest BCUT2D eigenvalue weighted by atomic mass is 9.98. The minimum atomic E-state index is 0.0485.